The van der Waals surface area contributed by atoms with Crippen molar-refractivity contribution in [2.45, 2.75) is 19.3 Å². The molecular weight excluding hydrogens is 895 g/mol. The highest BCUT2D eigenvalue weighted by Crippen LogP contribution is 2.51. The van der Waals surface area contributed by atoms with E-state index in [-0.39, 0.29) is 5.41 Å². The van der Waals surface area contributed by atoms with Gasteiger partial charge in [0.15, 0.2) is 17.5 Å². The normalized spacial score (nSPS) is 13.0. The number of nitrogens with zero attached hydrogens (tertiary/aromatic N) is 5. The van der Waals surface area contributed by atoms with Gasteiger partial charge in [-0.1, -0.05) is 147 Å². The van der Waals surface area contributed by atoms with Gasteiger partial charge in [-0.25, -0.2) is 15.0 Å². The van der Waals surface area contributed by atoms with E-state index in [1.54, 1.807) is 0 Å². The Bertz CT molecular complexity index is 4470. The molecule has 0 amide bonds. The highest BCUT2D eigenvalue weighted by Gasteiger charge is 2.36. The molecule has 0 fully saturated rings. The highest BCUT2D eigenvalue weighted by atomic mass is 32.1. The lowest BCUT2D eigenvalue weighted by atomic mass is 9.82. The van der Waals surface area contributed by atoms with E-state index in [9.17, 15) is 0 Å². The molecule has 14 aromatic rings. The first-order chi connectivity index (χ1) is 35.4. The summed E-state index contributed by atoms with van der Waals surface area (Å²) in [5, 5.41) is 7.36. The van der Waals surface area contributed by atoms with Gasteiger partial charge in [-0.3, -0.25) is 0 Å². The van der Waals surface area contributed by atoms with Crippen molar-refractivity contribution in [3.63, 3.8) is 0 Å². The van der Waals surface area contributed by atoms with Gasteiger partial charge >= 0.3 is 0 Å². The minimum absolute atomic E-state index is 0.152. The topological polar surface area (TPSA) is 48.5 Å². The minimum atomic E-state index is -0.152. The molecule has 1 aliphatic rings. The van der Waals surface area contributed by atoms with Gasteiger partial charge in [-0.05, 0) is 124 Å². The number of rotatable bonds is 6. The van der Waals surface area contributed by atoms with E-state index >= 15 is 0 Å². The predicted molar refractivity (Wildman–Crippen MR) is 301 cm³/mol. The third-order valence-electron chi connectivity index (χ3n) is 15.2. The van der Waals surface area contributed by atoms with E-state index in [4.69, 9.17) is 15.0 Å². The molecule has 0 N–H and O–H groups in total. The third kappa shape index (κ3) is 6.15. The van der Waals surface area contributed by atoms with E-state index in [0.717, 1.165) is 28.1 Å². The Balaban J connectivity index is 0.922. The molecule has 15 rings (SSSR count). The highest BCUT2D eigenvalue weighted by molar-refractivity contribution is 7.25. The van der Waals surface area contributed by atoms with E-state index in [2.05, 4.69) is 211 Å². The van der Waals surface area contributed by atoms with Crippen molar-refractivity contribution in [2.24, 2.45) is 0 Å². The predicted octanol–water partition coefficient (Wildman–Crippen LogP) is 17.4. The number of thiophene rings is 1. The van der Waals surface area contributed by atoms with Crippen LogP contribution in [0, 0.1) is 0 Å². The van der Waals surface area contributed by atoms with Gasteiger partial charge in [0, 0.05) is 75.2 Å². The summed E-state index contributed by atoms with van der Waals surface area (Å²) in [7, 11) is 0. The van der Waals surface area contributed by atoms with Crippen LogP contribution in [0.25, 0.3) is 132 Å². The summed E-state index contributed by atoms with van der Waals surface area (Å²) in [4.78, 5) is 15.2. The van der Waals surface area contributed by atoms with Crippen LogP contribution in [-0.2, 0) is 5.41 Å². The maximum Gasteiger partial charge on any atom is 0.164 e. The quantitative estimate of drug-likeness (QED) is 0.167. The molecular formula is C66H43N5S. The third-order valence-corrected chi connectivity index (χ3v) is 16.3. The van der Waals surface area contributed by atoms with Crippen LogP contribution < -0.4 is 0 Å². The van der Waals surface area contributed by atoms with Gasteiger partial charge in [0.1, 0.15) is 0 Å². The Labute approximate surface area is 419 Å². The van der Waals surface area contributed by atoms with Crippen LogP contribution in [0.1, 0.15) is 25.0 Å². The van der Waals surface area contributed by atoms with Crippen LogP contribution in [-0.4, -0.2) is 24.1 Å². The monoisotopic (exact) mass is 937 g/mol. The summed E-state index contributed by atoms with van der Waals surface area (Å²) in [6.45, 7) is 4.75. The Morgan fingerprint density at radius 2 is 0.819 bits per heavy atom. The number of hydrogen-bond donors (Lipinski definition) is 0. The van der Waals surface area contributed by atoms with Crippen molar-refractivity contribution in [1.82, 2.24) is 24.1 Å². The van der Waals surface area contributed by atoms with E-state index in [1.165, 1.54) is 97.2 Å². The molecule has 0 unspecified atom stereocenters. The van der Waals surface area contributed by atoms with Crippen LogP contribution in [0.5, 0.6) is 0 Å². The molecule has 0 bridgehead atoms. The van der Waals surface area contributed by atoms with E-state index in [1.807, 2.05) is 47.7 Å². The largest absolute Gasteiger partial charge is 0.309 e. The average molecular weight is 938 g/mol. The first-order valence-corrected chi connectivity index (χ1v) is 25.4. The summed E-state index contributed by atoms with van der Waals surface area (Å²) >= 11 is 1.82. The number of fused-ring (bicyclic) bond motifs is 12. The summed E-state index contributed by atoms with van der Waals surface area (Å²) in [6.07, 6.45) is 0. The zero-order chi connectivity index (χ0) is 47.7. The Hall–Kier alpha value is -8.97. The maximum atomic E-state index is 5.10. The molecule has 338 valence electrons. The second-order valence-corrected chi connectivity index (χ2v) is 20.7. The molecule has 0 atom stereocenters. The molecule has 0 saturated heterocycles. The molecule has 1 aliphatic carbocycles. The summed E-state index contributed by atoms with van der Waals surface area (Å²) < 4.78 is 7.35. The molecule has 0 aliphatic heterocycles. The lowest BCUT2D eigenvalue weighted by Gasteiger charge is -2.21. The SMILES string of the molecule is CC1(C)c2ccccc2-c2cc3c4cc(-c5ccc6c(c5)c5ccccc5n6-c5ccccc5)ccc4n(-c4ccc5sc6ccc(-c7nc(-c8ccccc8)nc(-c8ccccc8)n7)cc6c5c4)c3cc21. The first-order valence-electron chi connectivity index (χ1n) is 24.6. The van der Waals surface area contributed by atoms with Crippen LogP contribution >= 0.6 is 11.3 Å². The molecule has 0 spiro atoms. The Kier molecular flexibility index (Phi) is 8.81. The molecule has 0 saturated carbocycles. The van der Waals surface area contributed by atoms with Crippen molar-refractivity contribution in [1.29, 1.82) is 0 Å². The molecule has 5 nitrogen and oxygen atoms in total. The zero-order valence-electron chi connectivity index (χ0n) is 39.5. The summed E-state index contributed by atoms with van der Waals surface area (Å²) in [6, 6.07) is 81.5. The lowest BCUT2D eigenvalue weighted by molar-refractivity contribution is 0.661. The molecule has 4 heterocycles. The zero-order valence-corrected chi connectivity index (χ0v) is 40.3. The number of para-hydroxylation sites is 2. The smallest absolute Gasteiger partial charge is 0.164 e. The van der Waals surface area contributed by atoms with Gasteiger partial charge in [0.25, 0.3) is 0 Å². The van der Waals surface area contributed by atoms with Gasteiger partial charge in [0.05, 0.1) is 22.1 Å². The Morgan fingerprint density at radius 3 is 1.51 bits per heavy atom. The fraction of sp³-hybridized carbons (Fsp3) is 0.0455. The van der Waals surface area contributed by atoms with Crippen LogP contribution in [0.15, 0.2) is 224 Å². The maximum absolute atomic E-state index is 5.10. The molecule has 6 heteroatoms. The molecule has 72 heavy (non-hydrogen) atoms. The van der Waals surface area contributed by atoms with Crippen molar-refractivity contribution >= 4 is 75.1 Å². The summed E-state index contributed by atoms with van der Waals surface area (Å²) in [5.74, 6) is 1.96. The van der Waals surface area contributed by atoms with E-state index < -0.39 is 0 Å². The molecule has 0 radical (unpaired) electrons. The fourth-order valence-corrected chi connectivity index (χ4v) is 12.7. The van der Waals surface area contributed by atoms with E-state index in [0.29, 0.717) is 17.5 Å². The fourth-order valence-electron chi connectivity index (χ4n) is 11.7. The standard InChI is InChI=1S/C66H43N5S/c1-66(2)55-24-14-12-22-47(55)49-38-52-51-35-43(42-26-30-58-50(34-42)48-23-13-15-25-57(48)70(58)45-20-10-5-11-21-45)27-31-59(51)71(60(52)39-56(49)66)46-29-33-62-54(37-46)53-36-44(28-32-61(53)72-62)65-68-63(40-16-6-3-7-17-40)67-64(69-65)41-18-8-4-9-19-41/h3-39H,1-2H3. The first kappa shape index (κ1) is 40.9. The van der Waals surface area contributed by atoms with Crippen LogP contribution in [0.4, 0.5) is 0 Å². The van der Waals surface area contributed by atoms with Gasteiger partial charge in [-0.15, -0.1) is 11.3 Å². The second-order valence-electron chi connectivity index (χ2n) is 19.6. The van der Waals surface area contributed by atoms with Gasteiger partial charge < -0.3 is 9.13 Å². The number of aromatic nitrogens is 5. The minimum Gasteiger partial charge on any atom is -0.309 e. The van der Waals surface area contributed by atoms with Crippen molar-refractivity contribution in [2.75, 3.05) is 0 Å². The number of benzene rings is 10. The van der Waals surface area contributed by atoms with Crippen molar-refractivity contribution in [3.05, 3.63) is 236 Å². The second kappa shape index (κ2) is 15.5. The van der Waals surface area contributed by atoms with Crippen molar-refractivity contribution < 1.29 is 0 Å². The summed E-state index contributed by atoms with van der Waals surface area (Å²) in [5.41, 5.74) is 17.5. The lowest BCUT2D eigenvalue weighted by Crippen LogP contribution is -2.14. The van der Waals surface area contributed by atoms with Gasteiger partial charge in [-0.2, -0.15) is 0 Å². The van der Waals surface area contributed by atoms with Crippen LogP contribution in [0.2, 0.25) is 0 Å². The Morgan fingerprint density at radius 1 is 0.319 bits per heavy atom. The van der Waals surface area contributed by atoms with Crippen molar-refractivity contribution in [3.8, 4) is 67.8 Å². The molecule has 4 aromatic heterocycles. The molecule has 10 aromatic carbocycles. The van der Waals surface area contributed by atoms with Crippen LogP contribution in [0.3, 0.4) is 0 Å². The van der Waals surface area contributed by atoms with Gasteiger partial charge in [0.2, 0.25) is 0 Å². The average Bonchev–Trinajstić information content (AvgIpc) is 4.15. The number of hydrogen-bond acceptors (Lipinski definition) is 4.